The molecule has 0 aromatic carbocycles. The van der Waals surface area contributed by atoms with E-state index in [0.29, 0.717) is 26.2 Å². The maximum Gasteiger partial charge on any atom is 0.234 e. The van der Waals surface area contributed by atoms with Gasteiger partial charge in [-0.15, -0.1) is 0 Å². The van der Waals surface area contributed by atoms with Gasteiger partial charge in [0.15, 0.2) is 0 Å². The number of nitrogens with zero attached hydrogens (tertiary/aromatic N) is 3. The van der Waals surface area contributed by atoms with Gasteiger partial charge < -0.3 is 14.6 Å². The molecular formula is C18H30N4O3. The second-order valence-electron chi connectivity index (χ2n) is 6.34. The van der Waals surface area contributed by atoms with Crippen LogP contribution in [0.1, 0.15) is 32.6 Å². The molecular weight excluding hydrogens is 320 g/mol. The van der Waals surface area contributed by atoms with E-state index in [0.717, 1.165) is 31.9 Å². The number of carbonyl (C=O) groups is 2. The Kier molecular flexibility index (Phi) is 7.46. The number of piperazine rings is 1. The summed E-state index contributed by atoms with van der Waals surface area (Å²) in [7, 11) is 0. The molecule has 25 heavy (non-hydrogen) atoms. The van der Waals surface area contributed by atoms with Crippen LogP contribution in [-0.4, -0.2) is 78.9 Å². The second-order valence-corrected chi connectivity index (χ2v) is 6.34. The zero-order valence-corrected chi connectivity index (χ0v) is 15.5. The summed E-state index contributed by atoms with van der Waals surface area (Å²) in [6.07, 6.45) is 1.67. The predicted octanol–water partition coefficient (Wildman–Crippen LogP) is 0.943. The molecule has 1 aliphatic rings. The van der Waals surface area contributed by atoms with Gasteiger partial charge in [0.05, 0.1) is 18.8 Å². The average Bonchev–Trinajstić information content (AvgIpc) is 3.13. The van der Waals surface area contributed by atoms with Crippen LogP contribution in [0.2, 0.25) is 0 Å². The molecule has 0 saturated carbocycles. The predicted molar refractivity (Wildman–Crippen MR) is 96.1 cm³/mol. The van der Waals surface area contributed by atoms with E-state index >= 15 is 0 Å². The van der Waals surface area contributed by atoms with Crippen LogP contribution in [0.5, 0.6) is 0 Å². The van der Waals surface area contributed by atoms with Gasteiger partial charge in [0.25, 0.3) is 0 Å². The van der Waals surface area contributed by atoms with Gasteiger partial charge in [-0.3, -0.25) is 19.4 Å². The molecule has 2 rings (SSSR count). The molecule has 140 valence electrons. The van der Waals surface area contributed by atoms with Crippen LogP contribution in [0.25, 0.3) is 0 Å². The van der Waals surface area contributed by atoms with Gasteiger partial charge in [0, 0.05) is 39.6 Å². The maximum atomic E-state index is 12.3. The van der Waals surface area contributed by atoms with Crippen LogP contribution in [-0.2, 0) is 9.59 Å². The Hall–Kier alpha value is -1.86. The molecule has 0 spiro atoms. The average molecular weight is 350 g/mol. The fraction of sp³-hybridized carbons (Fsp3) is 0.667. The zero-order chi connectivity index (χ0) is 18.2. The molecule has 2 heterocycles. The van der Waals surface area contributed by atoms with Gasteiger partial charge in [0.1, 0.15) is 5.76 Å². The minimum Gasteiger partial charge on any atom is -0.468 e. The van der Waals surface area contributed by atoms with Crippen molar-refractivity contribution in [2.45, 2.75) is 26.8 Å². The first-order valence-corrected chi connectivity index (χ1v) is 9.07. The van der Waals surface area contributed by atoms with Crippen LogP contribution in [0.15, 0.2) is 22.8 Å². The minimum atomic E-state index is 0.0139. The van der Waals surface area contributed by atoms with Gasteiger partial charge >= 0.3 is 0 Å². The van der Waals surface area contributed by atoms with Crippen LogP contribution in [0, 0.1) is 0 Å². The highest BCUT2D eigenvalue weighted by molar-refractivity contribution is 5.78. The summed E-state index contributed by atoms with van der Waals surface area (Å²) in [5, 5.41) is 3.04. The summed E-state index contributed by atoms with van der Waals surface area (Å²) in [6.45, 7) is 11.4. The first kappa shape index (κ1) is 19.5. The number of hydrogen-bond donors (Lipinski definition) is 1. The molecule has 1 unspecified atom stereocenters. The Morgan fingerprint density at radius 1 is 1.24 bits per heavy atom. The van der Waals surface area contributed by atoms with E-state index < -0.39 is 0 Å². The van der Waals surface area contributed by atoms with Crippen LogP contribution < -0.4 is 5.32 Å². The Morgan fingerprint density at radius 3 is 2.44 bits per heavy atom. The van der Waals surface area contributed by atoms with Gasteiger partial charge in [-0.2, -0.15) is 0 Å². The Balaban J connectivity index is 1.82. The standard InChI is InChI=1S/C18H30N4O3/c1-4-21(5-2)16(17-7-6-12-25-17)13-19-18(24)14-20-8-10-22(11-9-20)15(3)23/h6-7,12,16H,4-5,8-11,13-14H2,1-3H3,(H,19,24). The van der Waals surface area contributed by atoms with Crippen molar-refractivity contribution in [3.05, 3.63) is 24.2 Å². The number of amides is 2. The Labute approximate surface area is 149 Å². The molecule has 7 nitrogen and oxygen atoms in total. The highest BCUT2D eigenvalue weighted by atomic mass is 16.3. The first-order chi connectivity index (χ1) is 12.0. The minimum absolute atomic E-state index is 0.0139. The van der Waals surface area contributed by atoms with Crippen molar-refractivity contribution < 1.29 is 14.0 Å². The lowest BCUT2D eigenvalue weighted by molar-refractivity contribution is -0.131. The number of furan rings is 1. The van der Waals surface area contributed by atoms with Crippen molar-refractivity contribution in [2.24, 2.45) is 0 Å². The molecule has 0 aliphatic carbocycles. The topological polar surface area (TPSA) is 69.0 Å². The Morgan fingerprint density at radius 2 is 1.92 bits per heavy atom. The SMILES string of the molecule is CCN(CC)C(CNC(=O)CN1CCN(C(C)=O)CC1)c1ccco1. The third-order valence-corrected chi connectivity index (χ3v) is 4.80. The van der Waals surface area contributed by atoms with Crippen molar-refractivity contribution in [3.8, 4) is 0 Å². The van der Waals surface area contributed by atoms with E-state index in [-0.39, 0.29) is 17.9 Å². The summed E-state index contributed by atoms with van der Waals surface area (Å²) in [5.41, 5.74) is 0. The lowest BCUT2D eigenvalue weighted by Gasteiger charge is -2.34. The molecule has 1 saturated heterocycles. The molecule has 1 fully saturated rings. The third-order valence-electron chi connectivity index (χ3n) is 4.80. The normalized spacial score (nSPS) is 16.9. The Bertz CT molecular complexity index is 535. The molecule has 1 atom stereocenters. The van der Waals surface area contributed by atoms with E-state index in [1.807, 2.05) is 17.0 Å². The monoisotopic (exact) mass is 350 g/mol. The number of hydrogen-bond acceptors (Lipinski definition) is 5. The van der Waals surface area contributed by atoms with E-state index in [2.05, 4.69) is 29.0 Å². The summed E-state index contributed by atoms with van der Waals surface area (Å²) in [5.74, 6) is 0.990. The van der Waals surface area contributed by atoms with E-state index in [4.69, 9.17) is 4.42 Å². The molecule has 1 aromatic rings. The number of likely N-dealkylation sites (N-methyl/N-ethyl adjacent to an activating group) is 1. The van der Waals surface area contributed by atoms with Crippen LogP contribution in [0.3, 0.4) is 0 Å². The fourth-order valence-electron chi connectivity index (χ4n) is 3.25. The second kappa shape index (κ2) is 9.58. The summed E-state index contributed by atoms with van der Waals surface area (Å²) >= 11 is 0. The first-order valence-electron chi connectivity index (χ1n) is 9.07. The number of carbonyl (C=O) groups excluding carboxylic acids is 2. The zero-order valence-electron chi connectivity index (χ0n) is 15.5. The van der Waals surface area contributed by atoms with E-state index in [1.165, 1.54) is 0 Å². The lowest BCUT2D eigenvalue weighted by atomic mass is 10.2. The summed E-state index contributed by atoms with van der Waals surface area (Å²) in [6, 6.07) is 3.88. The quantitative estimate of drug-likeness (QED) is 0.756. The third kappa shape index (κ3) is 5.57. The summed E-state index contributed by atoms with van der Waals surface area (Å²) < 4.78 is 5.56. The molecule has 0 radical (unpaired) electrons. The van der Waals surface area contributed by atoms with E-state index in [1.54, 1.807) is 13.2 Å². The lowest BCUT2D eigenvalue weighted by Crippen LogP contribution is -2.51. The highest BCUT2D eigenvalue weighted by Crippen LogP contribution is 2.20. The van der Waals surface area contributed by atoms with Crippen LogP contribution >= 0.6 is 0 Å². The van der Waals surface area contributed by atoms with Crippen molar-refractivity contribution >= 4 is 11.8 Å². The highest BCUT2D eigenvalue weighted by Gasteiger charge is 2.23. The van der Waals surface area contributed by atoms with Crippen molar-refractivity contribution in [2.75, 3.05) is 52.4 Å². The molecule has 1 aliphatic heterocycles. The van der Waals surface area contributed by atoms with Crippen molar-refractivity contribution in [1.29, 1.82) is 0 Å². The van der Waals surface area contributed by atoms with Crippen LogP contribution in [0.4, 0.5) is 0 Å². The molecule has 0 bridgehead atoms. The molecule has 2 amide bonds. The maximum absolute atomic E-state index is 12.3. The van der Waals surface area contributed by atoms with Gasteiger partial charge in [0.2, 0.25) is 11.8 Å². The summed E-state index contributed by atoms with van der Waals surface area (Å²) in [4.78, 5) is 29.9. The molecule has 7 heteroatoms. The number of nitrogens with one attached hydrogen (secondary N) is 1. The van der Waals surface area contributed by atoms with Gasteiger partial charge in [-0.05, 0) is 25.2 Å². The van der Waals surface area contributed by atoms with Gasteiger partial charge in [-0.25, -0.2) is 0 Å². The molecule has 1 aromatic heterocycles. The van der Waals surface area contributed by atoms with Crippen molar-refractivity contribution in [3.63, 3.8) is 0 Å². The fourth-order valence-corrected chi connectivity index (χ4v) is 3.25. The van der Waals surface area contributed by atoms with Crippen molar-refractivity contribution in [1.82, 2.24) is 20.0 Å². The number of rotatable bonds is 8. The molecule has 1 N–H and O–H groups in total. The smallest absolute Gasteiger partial charge is 0.234 e. The largest absolute Gasteiger partial charge is 0.468 e. The van der Waals surface area contributed by atoms with E-state index in [9.17, 15) is 9.59 Å². The van der Waals surface area contributed by atoms with Gasteiger partial charge in [-0.1, -0.05) is 13.8 Å².